The van der Waals surface area contributed by atoms with Crippen molar-refractivity contribution in [2.75, 3.05) is 19.4 Å². The number of benzene rings is 2. The van der Waals surface area contributed by atoms with Gasteiger partial charge in [0.2, 0.25) is 10.0 Å². The summed E-state index contributed by atoms with van der Waals surface area (Å²) >= 11 is 5.94. The van der Waals surface area contributed by atoms with Crippen LogP contribution in [0.15, 0.2) is 35.2 Å². The van der Waals surface area contributed by atoms with E-state index in [1.54, 1.807) is 38.1 Å². The van der Waals surface area contributed by atoms with Crippen LogP contribution in [-0.2, 0) is 14.8 Å². The third-order valence-electron chi connectivity index (χ3n) is 4.49. The van der Waals surface area contributed by atoms with Gasteiger partial charge in [0, 0.05) is 24.8 Å². The molecule has 28 heavy (non-hydrogen) atoms. The zero-order valence-corrected chi connectivity index (χ0v) is 18.4. The van der Waals surface area contributed by atoms with E-state index in [1.165, 1.54) is 20.2 Å². The van der Waals surface area contributed by atoms with E-state index in [-0.39, 0.29) is 10.8 Å². The molecule has 1 amide bonds. The smallest absolute Gasteiger partial charge is 0.265 e. The molecule has 2 rings (SSSR count). The Morgan fingerprint density at radius 3 is 2.32 bits per heavy atom. The van der Waals surface area contributed by atoms with Crippen LogP contribution in [0.5, 0.6) is 5.75 Å². The second-order valence-corrected chi connectivity index (χ2v) is 9.45. The van der Waals surface area contributed by atoms with Crippen molar-refractivity contribution in [3.8, 4) is 5.75 Å². The maximum absolute atomic E-state index is 12.6. The SMILES string of the molecule is Cc1cc(Cl)ccc1OC(C)C(=O)Nc1cc(S(=O)(=O)N(C)C)cc(C)c1C. The number of amides is 1. The van der Waals surface area contributed by atoms with Crippen LogP contribution in [0.1, 0.15) is 23.6 Å². The molecule has 0 heterocycles. The average Bonchev–Trinajstić information content (AvgIpc) is 2.60. The number of carbonyl (C=O) groups excluding carboxylic acids is 1. The van der Waals surface area contributed by atoms with Crippen LogP contribution < -0.4 is 10.1 Å². The van der Waals surface area contributed by atoms with Crippen molar-refractivity contribution in [3.63, 3.8) is 0 Å². The number of aryl methyl sites for hydroxylation is 2. The number of carbonyl (C=O) groups is 1. The average molecular weight is 425 g/mol. The first-order valence-corrected chi connectivity index (χ1v) is 10.5. The first-order valence-electron chi connectivity index (χ1n) is 8.71. The van der Waals surface area contributed by atoms with Crippen molar-refractivity contribution in [3.05, 3.63) is 52.0 Å². The molecule has 6 nitrogen and oxygen atoms in total. The summed E-state index contributed by atoms with van der Waals surface area (Å²) in [6.45, 7) is 7.10. The van der Waals surface area contributed by atoms with Crippen LogP contribution in [-0.4, -0.2) is 38.8 Å². The highest BCUT2D eigenvalue weighted by molar-refractivity contribution is 7.89. The van der Waals surface area contributed by atoms with Gasteiger partial charge < -0.3 is 10.1 Å². The number of hydrogen-bond donors (Lipinski definition) is 1. The molecule has 1 atom stereocenters. The minimum absolute atomic E-state index is 0.123. The molecular weight excluding hydrogens is 400 g/mol. The maximum Gasteiger partial charge on any atom is 0.265 e. The van der Waals surface area contributed by atoms with Crippen molar-refractivity contribution < 1.29 is 17.9 Å². The zero-order chi connectivity index (χ0) is 21.2. The molecule has 0 aliphatic carbocycles. The number of nitrogens with zero attached hydrogens (tertiary/aromatic N) is 1. The van der Waals surface area contributed by atoms with Crippen LogP contribution in [0.3, 0.4) is 0 Å². The van der Waals surface area contributed by atoms with Crippen LogP contribution in [0.25, 0.3) is 0 Å². The van der Waals surface area contributed by atoms with Gasteiger partial charge in [0.05, 0.1) is 4.90 Å². The Kier molecular flexibility index (Phi) is 6.75. The minimum atomic E-state index is -3.61. The monoisotopic (exact) mass is 424 g/mol. The molecule has 152 valence electrons. The molecule has 0 saturated carbocycles. The topological polar surface area (TPSA) is 75.7 Å². The summed E-state index contributed by atoms with van der Waals surface area (Å²) in [4.78, 5) is 12.8. The van der Waals surface area contributed by atoms with Crippen LogP contribution >= 0.6 is 11.6 Å². The lowest BCUT2D eigenvalue weighted by molar-refractivity contribution is -0.122. The zero-order valence-electron chi connectivity index (χ0n) is 16.8. The van der Waals surface area contributed by atoms with Gasteiger partial charge in [0.15, 0.2) is 6.10 Å². The Balaban J connectivity index is 2.26. The van der Waals surface area contributed by atoms with E-state index in [9.17, 15) is 13.2 Å². The summed E-state index contributed by atoms with van der Waals surface area (Å²) < 4.78 is 31.8. The van der Waals surface area contributed by atoms with Crippen molar-refractivity contribution in [2.24, 2.45) is 0 Å². The van der Waals surface area contributed by atoms with Crippen molar-refractivity contribution in [1.82, 2.24) is 4.31 Å². The van der Waals surface area contributed by atoms with Crippen LogP contribution in [0.2, 0.25) is 5.02 Å². The van der Waals surface area contributed by atoms with Gasteiger partial charge in [-0.15, -0.1) is 0 Å². The number of hydrogen-bond acceptors (Lipinski definition) is 4. The predicted octanol–water partition coefficient (Wildman–Crippen LogP) is 3.92. The molecule has 2 aromatic rings. The van der Waals surface area contributed by atoms with Crippen molar-refractivity contribution >= 4 is 33.2 Å². The summed E-state index contributed by atoms with van der Waals surface area (Å²) in [6, 6.07) is 8.22. The van der Waals surface area contributed by atoms with Crippen LogP contribution in [0, 0.1) is 20.8 Å². The lowest BCUT2D eigenvalue weighted by Gasteiger charge is -2.19. The molecular formula is C20H25ClN2O4S. The van der Waals surface area contributed by atoms with E-state index >= 15 is 0 Å². The highest BCUT2D eigenvalue weighted by atomic mass is 35.5. The molecule has 0 aliphatic rings. The van der Waals surface area contributed by atoms with Gasteiger partial charge in [-0.2, -0.15) is 0 Å². The number of ether oxygens (including phenoxy) is 1. The van der Waals surface area contributed by atoms with E-state index in [1.807, 2.05) is 13.8 Å². The normalized spacial score (nSPS) is 12.7. The van der Waals surface area contributed by atoms with Gasteiger partial charge in [-0.3, -0.25) is 4.79 Å². The fourth-order valence-corrected chi connectivity index (χ4v) is 3.78. The number of nitrogens with one attached hydrogen (secondary N) is 1. The van der Waals surface area contributed by atoms with Gasteiger partial charge in [-0.25, -0.2) is 12.7 Å². The fraction of sp³-hybridized carbons (Fsp3) is 0.350. The molecule has 1 unspecified atom stereocenters. The molecule has 1 N–H and O–H groups in total. The van der Waals surface area contributed by atoms with E-state index in [0.29, 0.717) is 16.5 Å². The Labute approximate surface area is 171 Å². The molecule has 0 aromatic heterocycles. The number of sulfonamides is 1. The molecule has 0 saturated heterocycles. The molecule has 0 radical (unpaired) electrons. The highest BCUT2D eigenvalue weighted by Gasteiger charge is 2.22. The second kappa shape index (κ2) is 8.51. The number of rotatable bonds is 6. The molecule has 0 aliphatic heterocycles. The Bertz CT molecular complexity index is 1000. The van der Waals surface area contributed by atoms with E-state index in [4.69, 9.17) is 16.3 Å². The van der Waals surface area contributed by atoms with Crippen molar-refractivity contribution in [1.29, 1.82) is 0 Å². The van der Waals surface area contributed by atoms with E-state index in [2.05, 4.69) is 5.32 Å². The standard InChI is InChI=1S/C20H25ClN2O4S/c1-12-10-17(28(25,26)23(5)6)11-18(14(12)3)22-20(24)15(4)27-19-8-7-16(21)9-13(19)2/h7-11,15H,1-6H3,(H,22,24). The van der Waals surface area contributed by atoms with Gasteiger partial charge >= 0.3 is 0 Å². The molecule has 0 bridgehead atoms. The maximum atomic E-state index is 12.6. The second-order valence-electron chi connectivity index (χ2n) is 6.86. The quantitative estimate of drug-likeness (QED) is 0.762. The predicted molar refractivity (Wildman–Crippen MR) is 112 cm³/mol. The minimum Gasteiger partial charge on any atom is -0.481 e. The summed E-state index contributed by atoms with van der Waals surface area (Å²) in [6.07, 6.45) is -0.784. The molecule has 2 aromatic carbocycles. The third kappa shape index (κ3) is 4.84. The van der Waals surface area contributed by atoms with Crippen LogP contribution in [0.4, 0.5) is 5.69 Å². The highest BCUT2D eigenvalue weighted by Crippen LogP contribution is 2.27. The van der Waals surface area contributed by atoms with Gasteiger partial charge in [0.1, 0.15) is 5.75 Å². The first kappa shape index (κ1) is 22.2. The fourth-order valence-electron chi connectivity index (χ4n) is 2.54. The number of halogens is 1. The molecule has 8 heteroatoms. The lowest BCUT2D eigenvalue weighted by atomic mass is 10.1. The Morgan fingerprint density at radius 1 is 1.11 bits per heavy atom. The molecule has 0 fully saturated rings. The largest absolute Gasteiger partial charge is 0.481 e. The molecule has 0 spiro atoms. The Morgan fingerprint density at radius 2 is 1.75 bits per heavy atom. The van der Waals surface area contributed by atoms with E-state index < -0.39 is 16.1 Å². The summed E-state index contributed by atoms with van der Waals surface area (Å²) in [5.74, 6) is 0.181. The Hall–Kier alpha value is -2.09. The summed E-state index contributed by atoms with van der Waals surface area (Å²) in [5, 5.41) is 3.37. The third-order valence-corrected chi connectivity index (χ3v) is 6.52. The number of anilines is 1. The lowest BCUT2D eigenvalue weighted by Crippen LogP contribution is -2.31. The van der Waals surface area contributed by atoms with Gasteiger partial charge in [0.25, 0.3) is 5.91 Å². The first-order chi connectivity index (χ1) is 12.9. The van der Waals surface area contributed by atoms with Crippen molar-refractivity contribution in [2.45, 2.75) is 38.7 Å². The van der Waals surface area contributed by atoms with E-state index in [0.717, 1.165) is 21.0 Å². The summed E-state index contributed by atoms with van der Waals surface area (Å²) in [5.41, 5.74) is 2.81. The van der Waals surface area contributed by atoms with Gasteiger partial charge in [-0.1, -0.05) is 11.6 Å². The van der Waals surface area contributed by atoms with Gasteiger partial charge in [-0.05, 0) is 74.7 Å². The summed E-state index contributed by atoms with van der Waals surface area (Å²) in [7, 11) is -0.684.